The molecule has 118 valence electrons. The average molecular weight is 351 g/mol. The van der Waals surface area contributed by atoms with E-state index in [0.717, 1.165) is 4.90 Å². The van der Waals surface area contributed by atoms with Gasteiger partial charge in [-0.2, -0.15) is 0 Å². The van der Waals surface area contributed by atoms with E-state index in [4.69, 9.17) is 27.6 Å². The molecule has 1 aliphatic heterocycles. The Morgan fingerprint density at radius 1 is 1.22 bits per heavy atom. The number of benzene rings is 1. The molecule has 1 N–H and O–H groups in total. The Morgan fingerprint density at radius 2 is 2.00 bits per heavy atom. The molecule has 0 atom stereocenters. The third-order valence-corrected chi connectivity index (χ3v) is 3.95. The molecule has 0 unspecified atom stereocenters. The van der Waals surface area contributed by atoms with Gasteiger partial charge in [0.1, 0.15) is 17.2 Å². The smallest absolute Gasteiger partial charge is 0.328 e. The van der Waals surface area contributed by atoms with Gasteiger partial charge in [0.05, 0.1) is 5.02 Å². The van der Waals surface area contributed by atoms with Crippen LogP contribution >= 0.6 is 23.2 Å². The lowest BCUT2D eigenvalue weighted by Gasteiger charge is -2.05. The maximum Gasteiger partial charge on any atom is 0.328 e. The molecule has 2 heterocycles. The molecule has 0 radical (unpaired) electrons. The van der Waals surface area contributed by atoms with Crippen LogP contribution < -0.4 is 5.32 Å². The highest BCUT2D eigenvalue weighted by molar-refractivity contribution is 6.35. The molecule has 1 fully saturated rings. The number of nitrogens with one attached hydrogen (secondary N) is 1. The fourth-order valence-corrected chi connectivity index (χ4v) is 2.65. The number of nitrogens with zero attached hydrogens (tertiary/aromatic N) is 1. The van der Waals surface area contributed by atoms with Crippen LogP contribution in [-0.4, -0.2) is 23.4 Å². The van der Waals surface area contributed by atoms with Crippen LogP contribution in [0.25, 0.3) is 17.4 Å². The number of amides is 3. The summed E-state index contributed by atoms with van der Waals surface area (Å²) in [5.74, 6) is 0.572. The maximum atomic E-state index is 12.0. The van der Waals surface area contributed by atoms with E-state index in [2.05, 4.69) is 5.32 Å². The number of imide groups is 1. The predicted molar refractivity (Wildman–Crippen MR) is 88.1 cm³/mol. The molecule has 1 aliphatic rings. The van der Waals surface area contributed by atoms with Gasteiger partial charge in [-0.05, 0) is 37.3 Å². The second-order valence-corrected chi connectivity index (χ2v) is 5.71. The van der Waals surface area contributed by atoms with E-state index < -0.39 is 6.03 Å². The zero-order valence-corrected chi connectivity index (χ0v) is 13.6. The van der Waals surface area contributed by atoms with Crippen LogP contribution in [-0.2, 0) is 4.79 Å². The minimum absolute atomic E-state index is 0.176. The molecular weight excluding hydrogens is 339 g/mol. The van der Waals surface area contributed by atoms with Crippen LogP contribution in [0.2, 0.25) is 10.0 Å². The summed E-state index contributed by atoms with van der Waals surface area (Å²) >= 11 is 12.1. The van der Waals surface area contributed by atoms with Gasteiger partial charge in [0.15, 0.2) is 0 Å². The molecule has 1 aromatic heterocycles. The lowest BCUT2D eigenvalue weighted by Crippen LogP contribution is -2.30. The summed E-state index contributed by atoms with van der Waals surface area (Å²) in [6, 6.07) is 8.04. The number of likely N-dealkylation sites (N-methyl/N-ethyl adjacent to an activating group) is 1. The second-order valence-electron chi connectivity index (χ2n) is 4.86. The van der Waals surface area contributed by atoms with Crippen molar-refractivity contribution < 1.29 is 14.0 Å². The van der Waals surface area contributed by atoms with E-state index in [1.165, 1.54) is 6.08 Å². The SMILES string of the molecule is CCN1C(=O)N/C(=C/c2ccc(-c3cc(Cl)ccc3Cl)o2)C1=O. The molecule has 0 saturated carbocycles. The Morgan fingerprint density at radius 3 is 2.70 bits per heavy atom. The zero-order chi connectivity index (χ0) is 16.6. The standard InChI is InChI=1S/C16H12Cl2N2O3/c1-2-20-15(21)13(19-16(20)22)8-10-4-6-14(23-10)11-7-9(17)3-5-12(11)18/h3-8H,2H2,1H3,(H,19,22)/b13-8+. The average Bonchev–Trinajstić information content (AvgIpc) is 3.07. The predicted octanol–water partition coefficient (Wildman–Crippen LogP) is 4.17. The summed E-state index contributed by atoms with van der Waals surface area (Å²) in [5.41, 5.74) is 0.829. The van der Waals surface area contributed by atoms with E-state index >= 15 is 0 Å². The number of carbonyl (C=O) groups excluding carboxylic acids is 2. The van der Waals surface area contributed by atoms with Gasteiger partial charge in [-0.1, -0.05) is 23.2 Å². The lowest BCUT2D eigenvalue weighted by atomic mass is 10.2. The third kappa shape index (κ3) is 2.98. The van der Waals surface area contributed by atoms with Crippen molar-refractivity contribution in [1.29, 1.82) is 0 Å². The zero-order valence-electron chi connectivity index (χ0n) is 12.1. The molecule has 1 aromatic carbocycles. The molecule has 1 saturated heterocycles. The summed E-state index contributed by atoms with van der Waals surface area (Å²) in [6.07, 6.45) is 1.48. The van der Waals surface area contributed by atoms with Crippen molar-refractivity contribution in [2.75, 3.05) is 6.54 Å². The molecule has 23 heavy (non-hydrogen) atoms. The Kier molecular flexibility index (Phi) is 4.15. The molecule has 3 rings (SSSR count). The first kappa shape index (κ1) is 15.6. The lowest BCUT2D eigenvalue weighted by molar-refractivity contribution is -0.122. The minimum atomic E-state index is -0.437. The van der Waals surface area contributed by atoms with Crippen LogP contribution in [0.15, 0.2) is 40.4 Å². The van der Waals surface area contributed by atoms with E-state index in [-0.39, 0.29) is 11.6 Å². The molecule has 2 aromatic rings. The van der Waals surface area contributed by atoms with Crippen LogP contribution in [0.1, 0.15) is 12.7 Å². The molecule has 0 aliphatic carbocycles. The van der Waals surface area contributed by atoms with Crippen LogP contribution in [0.5, 0.6) is 0 Å². The fourth-order valence-electron chi connectivity index (χ4n) is 2.26. The topological polar surface area (TPSA) is 62.6 Å². The highest BCUT2D eigenvalue weighted by Gasteiger charge is 2.32. The molecule has 7 heteroatoms. The summed E-state index contributed by atoms with van der Waals surface area (Å²) < 4.78 is 5.68. The number of halogens is 2. The first-order valence-corrected chi connectivity index (χ1v) is 7.65. The van der Waals surface area contributed by atoms with Crippen LogP contribution in [0.3, 0.4) is 0 Å². The molecule has 0 spiro atoms. The van der Waals surface area contributed by atoms with E-state index in [0.29, 0.717) is 33.7 Å². The molecule has 3 amide bonds. The number of rotatable bonds is 3. The monoisotopic (exact) mass is 350 g/mol. The van der Waals surface area contributed by atoms with Gasteiger partial charge >= 0.3 is 6.03 Å². The van der Waals surface area contributed by atoms with Gasteiger partial charge in [-0.3, -0.25) is 9.69 Å². The van der Waals surface area contributed by atoms with Gasteiger partial charge in [-0.15, -0.1) is 0 Å². The minimum Gasteiger partial charge on any atom is -0.457 e. The van der Waals surface area contributed by atoms with E-state index in [1.54, 1.807) is 37.3 Å². The van der Waals surface area contributed by atoms with E-state index in [1.807, 2.05) is 0 Å². The summed E-state index contributed by atoms with van der Waals surface area (Å²) in [7, 11) is 0. The normalized spacial score (nSPS) is 16.3. The number of furan rings is 1. The van der Waals surface area contributed by atoms with Gasteiger partial charge < -0.3 is 9.73 Å². The van der Waals surface area contributed by atoms with Crippen molar-refractivity contribution in [2.24, 2.45) is 0 Å². The number of carbonyl (C=O) groups is 2. The Labute approximate surface area is 142 Å². The number of hydrogen-bond donors (Lipinski definition) is 1. The Balaban J connectivity index is 1.91. The Bertz CT molecular complexity index is 826. The molecule has 0 bridgehead atoms. The van der Waals surface area contributed by atoms with Gasteiger partial charge in [0, 0.05) is 23.2 Å². The summed E-state index contributed by atoms with van der Waals surface area (Å²) in [6.45, 7) is 2.04. The van der Waals surface area contributed by atoms with Crippen molar-refractivity contribution in [3.8, 4) is 11.3 Å². The van der Waals surface area contributed by atoms with Crippen LogP contribution in [0, 0.1) is 0 Å². The highest BCUT2D eigenvalue weighted by Crippen LogP contribution is 2.32. The summed E-state index contributed by atoms with van der Waals surface area (Å²) in [5, 5.41) is 3.56. The largest absolute Gasteiger partial charge is 0.457 e. The van der Waals surface area contributed by atoms with Crippen molar-refractivity contribution in [3.63, 3.8) is 0 Å². The molecular formula is C16H12Cl2N2O3. The van der Waals surface area contributed by atoms with Crippen LogP contribution in [0.4, 0.5) is 4.79 Å². The van der Waals surface area contributed by atoms with Gasteiger partial charge in [0.25, 0.3) is 5.91 Å². The Hall–Kier alpha value is -2.24. The number of urea groups is 1. The van der Waals surface area contributed by atoms with Crippen molar-refractivity contribution in [2.45, 2.75) is 6.92 Å². The van der Waals surface area contributed by atoms with Gasteiger partial charge in [-0.25, -0.2) is 4.79 Å². The molecule has 5 nitrogen and oxygen atoms in total. The maximum absolute atomic E-state index is 12.0. The first-order valence-electron chi connectivity index (χ1n) is 6.89. The quantitative estimate of drug-likeness (QED) is 0.667. The summed E-state index contributed by atoms with van der Waals surface area (Å²) in [4.78, 5) is 24.8. The van der Waals surface area contributed by atoms with Gasteiger partial charge in [0.2, 0.25) is 0 Å². The van der Waals surface area contributed by atoms with Crippen molar-refractivity contribution in [3.05, 3.63) is 51.8 Å². The number of hydrogen-bond acceptors (Lipinski definition) is 3. The first-order chi connectivity index (χ1) is 11.0. The third-order valence-electron chi connectivity index (χ3n) is 3.39. The van der Waals surface area contributed by atoms with Crippen molar-refractivity contribution in [1.82, 2.24) is 10.2 Å². The van der Waals surface area contributed by atoms with Crippen molar-refractivity contribution >= 4 is 41.2 Å². The van der Waals surface area contributed by atoms with E-state index in [9.17, 15) is 9.59 Å². The second kappa shape index (κ2) is 6.10. The highest BCUT2D eigenvalue weighted by atomic mass is 35.5. The fraction of sp³-hybridized carbons (Fsp3) is 0.125.